The molecule has 1 heterocycles. The fourth-order valence-corrected chi connectivity index (χ4v) is 6.47. The van der Waals surface area contributed by atoms with Crippen LogP contribution in [0.2, 0.25) is 5.02 Å². The van der Waals surface area contributed by atoms with Gasteiger partial charge >= 0.3 is 6.09 Å². The topological polar surface area (TPSA) is 111 Å². The molecule has 8 nitrogen and oxygen atoms in total. The molecule has 9 heteroatoms. The van der Waals surface area contributed by atoms with Crippen molar-refractivity contribution in [2.24, 2.45) is 5.92 Å². The number of nitrogens with zero attached hydrogens (tertiary/aromatic N) is 1. The SMILES string of the molecule is CCc1cccc(-c2c(Cl)cccc2C(O)(CCCNC(=O)O)C2CCCN(C(=O)c3ccc(CNC)cc3OC)C2)c1. The van der Waals surface area contributed by atoms with Gasteiger partial charge in [-0.1, -0.05) is 61.0 Å². The van der Waals surface area contributed by atoms with Crippen LogP contribution in [0.1, 0.15) is 59.7 Å². The molecule has 2 atom stereocenters. The molecule has 1 fully saturated rings. The Morgan fingerprint density at radius 2 is 1.91 bits per heavy atom. The predicted octanol–water partition coefficient (Wildman–Crippen LogP) is 6.09. The maximum atomic E-state index is 13.9. The van der Waals surface area contributed by atoms with Gasteiger partial charge in [0.25, 0.3) is 5.91 Å². The second-order valence-corrected chi connectivity index (χ2v) is 11.5. The van der Waals surface area contributed by atoms with Gasteiger partial charge in [-0.05, 0) is 79.6 Å². The monoisotopic (exact) mass is 607 g/mol. The van der Waals surface area contributed by atoms with Gasteiger partial charge < -0.3 is 30.5 Å². The Hall–Kier alpha value is -3.59. The first-order valence-electron chi connectivity index (χ1n) is 14.9. The summed E-state index contributed by atoms with van der Waals surface area (Å²) in [5, 5.41) is 27.9. The number of halogens is 1. The van der Waals surface area contributed by atoms with Gasteiger partial charge in [0.15, 0.2) is 0 Å². The Morgan fingerprint density at radius 1 is 1.12 bits per heavy atom. The van der Waals surface area contributed by atoms with E-state index in [9.17, 15) is 14.7 Å². The van der Waals surface area contributed by atoms with Crippen molar-refractivity contribution in [3.05, 3.63) is 87.9 Å². The van der Waals surface area contributed by atoms with Crippen LogP contribution in [0.3, 0.4) is 0 Å². The quantitative estimate of drug-likeness (QED) is 0.186. The van der Waals surface area contributed by atoms with Crippen molar-refractivity contribution < 1.29 is 24.5 Å². The summed E-state index contributed by atoms with van der Waals surface area (Å²) in [7, 11) is 3.43. The number of ether oxygens (including phenoxy) is 1. The minimum Gasteiger partial charge on any atom is -0.496 e. The third-order valence-electron chi connectivity index (χ3n) is 8.38. The van der Waals surface area contributed by atoms with Crippen molar-refractivity contribution in [3.63, 3.8) is 0 Å². The smallest absolute Gasteiger partial charge is 0.404 e. The number of methoxy groups -OCH3 is 1. The van der Waals surface area contributed by atoms with Crippen molar-refractivity contribution in [1.29, 1.82) is 0 Å². The van der Waals surface area contributed by atoms with E-state index >= 15 is 0 Å². The van der Waals surface area contributed by atoms with E-state index in [0.717, 1.165) is 28.7 Å². The van der Waals surface area contributed by atoms with Gasteiger partial charge in [-0.15, -0.1) is 0 Å². The van der Waals surface area contributed by atoms with E-state index in [1.54, 1.807) is 18.1 Å². The number of carbonyl (C=O) groups excluding carboxylic acids is 1. The zero-order valence-electron chi connectivity index (χ0n) is 25.2. The van der Waals surface area contributed by atoms with Gasteiger partial charge in [0.1, 0.15) is 5.75 Å². The maximum Gasteiger partial charge on any atom is 0.404 e. The van der Waals surface area contributed by atoms with Gasteiger partial charge in [-0.25, -0.2) is 4.79 Å². The van der Waals surface area contributed by atoms with Gasteiger partial charge in [-0.2, -0.15) is 0 Å². The Bertz CT molecular complexity index is 1430. The number of likely N-dealkylation sites (tertiary alicyclic amines) is 1. The summed E-state index contributed by atoms with van der Waals surface area (Å²) in [6.45, 7) is 3.85. The van der Waals surface area contributed by atoms with Crippen LogP contribution in [0.15, 0.2) is 60.7 Å². The third kappa shape index (κ3) is 7.50. The van der Waals surface area contributed by atoms with Crippen molar-refractivity contribution >= 4 is 23.6 Å². The lowest BCUT2D eigenvalue weighted by atomic mass is 9.72. The maximum absolute atomic E-state index is 13.9. The molecule has 2 amide bonds. The predicted molar refractivity (Wildman–Crippen MR) is 170 cm³/mol. The summed E-state index contributed by atoms with van der Waals surface area (Å²) in [4.78, 5) is 26.8. The van der Waals surface area contributed by atoms with Crippen LogP contribution in [0.4, 0.5) is 4.79 Å². The summed E-state index contributed by atoms with van der Waals surface area (Å²) in [5.74, 6) is 0.0633. The molecule has 230 valence electrons. The first-order chi connectivity index (χ1) is 20.7. The Morgan fingerprint density at radius 3 is 2.63 bits per heavy atom. The molecule has 0 saturated carbocycles. The molecule has 0 radical (unpaired) electrons. The van der Waals surface area contributed by atoms with E-state index in [1.807, 2.05) is 49.5 Å². The highest BCUT2D eigenvalue weighted by Gasteiger charge is 2.43. The molecular weight excluding hydrogens is 566 g/mol. The summed E-state index contributed by atoms with van der Waals surface area (Å²) >= 11 is 6.85. The average Bonchev–Trinajstić information content (AvgIpc) is 3.02. The zero-order chi connectivity index (χ0) is 31.0. The molecule has 0 spiro atoms. The van der Waals surface area contributed by atoms with Crippen LogP contribution in [0.25, 0.3) is 11.1 Å². The van der Waals surface area contributed by atoms with Crippen LogP contribution < -0.4 is 15.4 Å². The van der Waals surface area contributed by atoms with Gasteiger partial charge in [0, 0.05) is 42.7 Å². The van der Waals surface area contributed by atoms with Crippen molar-refractivity contribution in [1.82, 2.24) is 15.5 Å². The number of hydrogen-bond acceptors (Lipinski definition) is 5. The highest BCUT2D eigenvalue weighted by Crippen LogP contribution is 2.46. The van der Waals surface area contributed by atoms with E-state index in [0.29, 0.717) is 67.2 Å². The molecule has 3 aromatic carbocycles. The van der Waals surface area contributed by atoms with Gasteiger partial charge in [-0.3, -0.25) is 4.79 Å². The first kappa shape index (κ1) is 32.3. The number of rotatable bonds is 12. The molecule has 1 aliphatic heterocycles. The summed E-state index contributed by atoms with van der Waals surface area (Å²) in [6.07, 6.45) is 1.88. The number of carbonyl (C=O) groups is 2. The third-order valence-corrected chi connectivity index (χ3v) is 8.69. The number of nitrogens with one attached hydrogen (secondary N) is 2. The number of carboxylic acid groups (broad SMARTS) is 1. The number of amides is 2. The molecule has 1 aliphatic rings. The molecular formula is C34H42ClN3O5. The normalized spacial score (nSPS) is 16.4. The molecule has 4 N–H and O–H groups in total. The summed E-state index contributed by atoms with van der Waals surface area (Å²) < 4.78 is 5.60. The second-order valence-electron chi connectivity index (χ2n) is 11.1. The van der Waals surface area contributed by atoms with E-state index < -0.39 is 11.7 Å². The molecule has 0 aromatic heterocycles. The van der Waals surface area contributed by atoms with Crippen molar-refractivity contribution in [3.8, 4) is 16.9 Å². The standard InChI is InChI=1S/C34H42ClN3O5/c1-4-23-9-5-10-25(19-23)31-28(12-6-13-29(31)35)34(42,16-8-17-37-33(40)41)26-11-7-18-38(22-26)32(39)27-15-14-24(21-36-2)20-30(27)43-3/h5-6,9-10,12-15,19-20,26,36-37,42H,4,7-8,11,16-18,21-22H2,1-3H3,(H,40,41). The molecule has 0 bridgehead atoms. The molecule has 1 saturated heterocycles. The summed E-state index contributed by atoms with van der Waals surface area (Å²) in [5.41, 5.74) is 3.64. The lowest BCUT2D eigenvalue weighted by molar-refractivity contribution is -0.0563. The van der Waals surface area contributed by atoms with E-state index in [1.165, 1.54) is 0 Å². The fraction of sp³-hybridized carbons (Fsp3) is 0.412. The Labute approximate surface area is 259 Å². The van der Waals surface area contributed by atoms with Gasteiger partial charge in [0.05, 0.1) is 18.3 Å². The molecule has 3 aromatic rings. The molecule has 4 rings (SSSR count). The van der Waals surface area contributed by atoms with Crippen LogP contribution in [0.5, 0.6) is 5.75 Å². The number of hydrogen-bond donors (Lipinski definition) is 4. The van der Waals surface area contributed by atoms with Crippen molar-refractivity contribution in [2.45, 2.75) is 51.2 Å². The number of piperidine rings is 1. The average molecular weight is 608 g/mol. The lowest BCUT2D eigenvalue weighted by Gasteiger charge is -2.44. The number of aryl methyl sites for hydroxylation is 1. The minimum absolute atomic E-state index is 0.144. The minimum atomic E-state index is -1.37. The molecule has 43 heavy (non-hydrogen) atoms. The van der Waals surface area contributed by atoms with Crippen molar-refractivity contribution in [2.75, 3.05) is 33.8 Å². The second kappa shape index (κ2) is 14.7. The van der Waals surface area contributed by atoms with E-state index in [2.05, 4.69) is 29.7 Å². The first-order valence-corrected chi connectivity index (χ1v) is 15.3. The Kier molecular flexibility index (Phi) is 11.1. The van der Waals surface area contributed by atoms with Gasteiger partial charge in [0.2, 0.25) is 0 Å². The van der Waals surface area contributed by atoms with Crippen LogP contribution in [-0.2, 0) is 18.6 Å². The number of benzene rings is 3. The highest BCUT2D eigenvalue weighted by molar-refractivity contribution is 6.33. The van der Waals surface area contributed by atoms with E-state index in [4.69, 9.17) is 21.4 Å². The number of aliphatic hydroxyl groups is 1. The lowest BCUT2D eigenvalue weighted by Crippen LogP contribution is -2.48. The fourth-order valence-electron chi connectivity index (χ4n) is 6.19. The largest absolute Gasteiger partial charge is 0.496 e. The molecule has 2 unspecified atom stereocenters. The zero-order valence-corrected chi connectivity index (χ0v) is 25.9. The van der Waals surface area contributed by atoms with Crippen LogP contribution in [-0.4, -0.2) is 60.9 Å². The summed E-state index contributed by atoms with van der Waals surface area (Å²) in [6, 6.07) is 19.3. The van der Waals surface area contributed by atoms with Crippen LogP contribution >= 0.6 is 11.6 Å². The van der Waals surface area contributed by atoms with Crippen LogP contribution in [0, 0.1) is 5.92 Å². The highest BCUT2D eigenvalue weighted by atomic mass is 35.5. The Balaban J connectivity index is 1.72. The van der Waals surface area contributed by atoms with E-state index in [-0.39, 0.29) is 18.4 Å². The molecule has 0 aliphatic carbocycles.